The van der Waals surface area contributed by atoms with Gasteiger partial charge in [0.15, 0.2) is 5.96 Å². The maximum atomic E-state index is 5.42. The zero-order chi connectivity index (χ0) is 16.5. The van der Waals surface area contributed by atoms with E-state index in [-0.39, 0.29) is 0 Å². The van der Waals surface area contributed by atoms with Gasteiger partial charge in [-0.1, -0.05) is 13.3 Å². The van der Waals surface area contributed by atoms with Crippen LogP contribution in [0.5, 0.6) is 0 Å². The second-order valence-electron chi connectivity index (χ2n) is 5.30. The summed E-state index contributed by atoms with van der Waals surface area (Å²) in [6.07, 6.45) is 3.43. The van der Waals surface area contributed by atoms with Crippen molar-refractivity contribution in [1.29, 1.82) is 0 Å². The number of methoxy groups -OCH3 is 1. The highest BCUT2D eigenvalue weighted by atomic mass is 16.5. The van der Waals surface area contributed by atoms with Gasteiger partial charge in [0.25, 0.3) is 0 Å². The van der Waals surface area contributed by atoms with Gasteiger partial charge >= 0.3 is 0 Å². The normalized spacial score (nSPS) is 12.0. The molecule has 0 aliphatic rings. The van der Waals surface area contributed by atoms with Crippen LogP contribution in [0.3, 0.4) is 0 Å². The van der Waals surface area contributed by atoms with Crippen molar-refractivity contribution in [3.8, 4) is 0 Å². The van der Waals surface area contributed by atoms with Crippen molar-refractivity contribution in [3.05, 3.63) is 0 Å². The van der Waals surface area contributed by atoms with Gasteiger partial charge in [0.05, 0.1) is 13.2 Å². The summed E-state index contributed by atoms with van der Waals surface area (Å²) in [4.78, 5) is 6.91. The lowest BCUT2D eigenvalue weighted by molar-refractivity contribution is 0.0702. The maximum absolute atomic E-state index is 5.42. The van der Waals surface area contributed by atoms with Crippen molar-refractivity contribution in [2.24, 2.45) is 4.99 Å². The Hall–Kier alpha value is -0.850. The number of unbranched alkanes of at least 4 members (excludes halogenated alkanes) is 1. The molecule has 0 aliphatic heterocycles. The molecule has 0 rings (SSSR count). The number of rotatable bonds is 14. The van der Waals surface area contributed by atoms with E-state index in [0.29, 0.717) is 13.2 Å². The van der Waals surface area contributed by atoms with Crippen LogP contribution < -0.4 is 10.6 Å². The van der Waals surface area contributed by atoms with E-state index < -0.39 is 0 Å². The molecule has 0 radical (unpaired) electrons. The Morgan fingerprint density at radius 3 is 2.55 bits per heavy atom. The average molecular weight is 316 g/mol. The number of guanidine groups is 1. The van der Waals surface area contributed by atoms with E-state index in [4.69, 9.17) is 9.47 Å². The molecule has 132 valence electrons. The highest BCUT2D eigenvalue weighted by Crippen LogP contribution is 1.90. The number of ether oxygens (including phenoxy) is 2. The molecule has 0 fully saturated rings. The van der Waals surface area contributed by atoms with E-state index in [9.17, 15) is 0 Å². The van der Waals surface area contributed by atoms with Crippen LogP contribution in [0.25, 0.3) is 0 Å². The predicted octanol–water partition coefficient (Wildman–Crippen LogP) is 1.33. The fourth-order valence-corrected chi connectivity index (χ4v) is 1.85. The first-order chi connectivity index (χ1) is 10.7. The van der Waals surface area contributed by atoms with Crippen molar-refractivity contribution >= 4 is 5.96 Å². The van der Waals surface area contributed by atoms with E-state index in [1.165, 1.54) is 12.8 Å². The van der Waals surface area contributed by atoms with Crippen molar-refractivity contribution in [2.45, 2.75) is 33.1 Å². The third-order valence-electron chi connectivity index (χ3n) is 3.17. The molecule has 0 spiro atoms. The molecule has 0 bridgehead atoms. The first kappa shape index (κ1) is 21.1. The van der Waals surface area contributed by atoms with E-state index in [2.05, 4.69) is 41.4 Å². The van der Waals surface area contributed by atoms with Gasteiger partial charge in [-0.05, 0) is 33.4 Å². The molecule has 0 heterocycles. The van der Waals surface area contributed by atoms with Crippen LogP contribution in [0, 0.1) is 0 Å². The second kappa shape index (κ2) is 16.5. The summed E-state index contributed by atoms with van der Waals surface area (Å²) in [5.41, 5.74) is 0. The molecular formula is C16H36N4O2. The lowest BCUT2D eigenvalue weighted by Crippen LogP contribution is -2.41. The molecule has 0 unspecified atom stereocenters. The molecule has 0 aliphatic carbocycles. The molecule has 6 nitrogen and oxygen atoms in total. The van der Waals surface area contributed by atoms with Crippen LogP contribution in [0.2, 0.25) is 0 Å². The highest BCUT2D eigenvalue weighted by molar-refractivity contribution is 5.79. The standard InChI is InChI=1S/C16H36N4O2/c1-5-7-11-20(3)12-10-19-16(17-6-2)18-9-8-13-22-15-14-21-4/h5-15H2,1-4H3,(H2,17,18,19). The largest absolute Gasteiger partial charge is 0.382 e. The SMILES string of the molecule is CCCCN(C)CCNC(=NCCCOCCOC)NCC. The summed E-state index contributed by atoms with van der Waals surface area (Å²) < 4.78 is 10.4. The minimum atomic E-state index is 0.652. The maximum Gasteiger partial charge on any atom is 0.191 e. The van der Waals surface area contributed by atoms with Crippen molar-refractivity contribution < 1.29 is 9.47 Å². The summed E-state index contributed by atoms with van der Waals surface area (Å²) in [5, 5.41) is 6.65. The fraction of sp³-hybridized carbons (Fsp3) is 0.938. The van der Waals surface area contributed by atoms with Gasteiger partial charge in [0.2, 0.25) is 0 Å². The van der Waals surface area contributed by atoms with Crippen molar-refractivity contribution in [2.75, 3.05) is 66.7 Å². The number of hydrogen-bond acceptors (Lipinski definition) is 4. The Morgan fingerprint density at radius 1 is 1.05 bits per heavy atom. The second-order valence-corrected chi connectivity index (χ2v) is 5.30. The lowest BCUT2D eigenvalue weighted by atomic mass is 10.3. The third kappa shape index (κ3) is 14.1. The number of aliphatic imine (C=N–C) groups is 1. The van der Waals surface area contributed by atoms with Crippen molar-refractivity contribution in [1.82, 2.24) is 15.5 Å². The Kier molecular flexibility index (Phi) is 15.9. The molecular weight excluding hydrogens is 280 g/mol. The lowest BCUT2D eigenvalue weighted by Gasteiger charge is -2.17. The topological polar surface area (TPSA) is 58.1 Å². The average Bonchev–Trinajstić information content (AvgIpc) is 2.52. The van der Waals surface area contributed by atoms with Gasteiger partial charge in [0.1, 0.15) is 0 Å². The summed E-state index contributed by atoms with van der Waals surface area (Å²) in [6, 6.07) is 0. The molecule has 0 aromatic carbocycles. The summed E-state index contributed by atoms with van der Waals surface area (Å²) in [7, 11) is 3.85. The van der Waals surface area contributed by atoms with Crippen LogP contribution in [-0.2, 0) is 9.47 Å². The Labute approximate surface area is 136 Å². The molecule has 0 atom stereocenters. The monoisotopic (exact) mass is 316 g/mol. The van der Waals surface area contributed by atoms with Crippen LogP contribution in [0.15, 0.2) is 4.99 Å². The van der Waals surface area contributed by atoms with Gasteiger partial charge in [-0.2, -0.15) is 0 Å². The fourth-order valence-electron chi connectivity index (χ4n) is 1.85. The molecule has 0 saturated heterocycles. The molecule has 2 N–H and O–H groups in total. The highest BCUT2D eigenvalue weighted by Gasteiger charge is 1.99. The van der Waals surface area contributed by atoms with E-state index in [1.54, 1.807) is 7.11 Å². The minimum absolute atomic E-state index is 0.652. The van der Waals surface area contributed by atoms with Gasteiger partial charge < -0.3 is 25.0 Å². The first-order valence-electron chi connectivity index (χ1n) is 8.52. The van der Waals surface area contributed by atoms with Crippen LogP contribution >= 0.6 is 0 Å². The third-order valence-corrected chi connectivity index (χ3v) is 3.17. The number of nitrogens with zero attached hydrogens (tertiary/aromatic N) is 2. The smallest absolute Gasteiger partial charge is 0.191 e. The molecule has 0 aromatic heterocycles. The van der Waals surface area contributed by atoms with Crippen LogP contribution in [0.1, 0.15) is 33.1 Å². The Morgan fingerprint density at radius 2 is 1.86 bits per heavy atom. The van der Waals surface area contributed by atoms with Gasteiger partial charge in [-0.25, -0.2) is 0 Å². The molecule has 6 heteroatoms. The number of likely N-dealkylation sites (N-methyl/N-ethyl adjacent to an activating group) is 1. The molecule has 0 amide bonds. The van der Waals surface area contributed by atoms with Crippen LogP contribution in [0.4, 0.5) is 0 Å². The summed E-state index contributed by atoms with van der Waals surface area (Å²) in [5.74, 6) is 0.892. The van der Waals surface area contributed by atoms with Gasteiger partial charge in [0, 0.05) is 39.9 Å². The molecule has 0 saturated carbocycles. The number of hydrogen-bond donors (Lipinski definition) is 2. The Bertz CT molecular complexity index is 263. The quantitative estimate of drug-likeness (QED) is 0.288. The zero-order valence-electron chi connectivity index (χ0n) is 15.0. The zero-order valence-corrected chi connectivity index (χ0v) is 15.0. The summed E-state index contributed by atoms with van der Waals surface area (Å²) in [6.45, 7) is 11.1. The van der Waals surface area contributed by atoms with Crippen LogP contribution in [-0.4, -0.2) is 77.6 Å². The van der Waals surface area contributed by atoms with E-state index in [1.807, 2.05) is 0 Å². The Balaban J connectivity index is 3.76. The minimum Gasteiger partial charge on any atom is -0.382 e. The molecule has 0 aromatic rings. The number of nitrogens with one attached hydrogen (secondary N) is 2. The van der Waals surface area contributed by atoms with Gasteiger partial charge in [-0.15, -0.1) is 0 Å². The molecule has 22 heavy (non-hydrogen) atoms. The van der Waals surface area contributed by atoms with E-state index >= 15 is 0 Å². The first-order valence-corrected chi connectivity index (χ1v) is 8.52. The van der Waals surface area contributed by atoms with Gasteiger partial charge in [-0.3, -0.25) is 4.99 Å². The van der Waals surface area contributed by atoms with Crippen molar-refractivity contribution in [3.63, 3.8) is 0 Å². The predicted molar refractivity (Wildman–Crippen MR) is 93.7 cm³/mol. The summed E-state index contributed by atoms with van der Waals surface area (Å²) >= 11 is 0. The van der Waals surface area contributed by atoms with E-state index in [0.717, 1.165) is 51.7 Å².